The molecule has 0 saturated carbocycles. The number of hydrogen-bond donors (Lipinski definition) is 0. The van der Waals surface area contributed by atoms with E-state index in [1.165, 1.54) is 8.61 Å². The summed E-state index contributed by atoms with van der Waals surface area (Å²) in [6, 6.07) is 12.5. The van der Waals surface area contributed by atoms with Gasteiger partial charge in [0.1, 0.15) is 0 Å². The van der Waals surface area contributed by atoms with Crippen LogP contribution in [0, 0.1) is 13.8 Å². The second-order valence-corrected chi connectivity index (χ2v) is 12.2. The molecule has 0 heterocycles. The molecule has 6 nitrogen and oxygen atoms in total. The Kier molecular flexibility index (Phi) is 8.30. The van der Waals surface area contributed by atoms with Crippen LogP contribution in [-0.2, 0) is 20.0 Å². The highest BCUT2D eigenvalue weighted by atomic mass is 32.2. The zero-order valence-electron chi connectivity index (χ0n) is 19.8. The standard InChI is InChI=1S/C26H32N2O4S2/c1-5-7-19-28(34(31,32)26-16-10-22(4)11-17-26)24-13-12-23(20-24)27(18-6-2)33(29,30)25-14-8-21(3)9-15-25/h5-17,23-24H,2,18-20H2,1,3-4H3/b7-5+. The molecule has 0 radical (unpaired) electrons. The molecule has 0 spiro atoms. The summed E-state index contributed by atoms with van der Waals surface area (Å²) < 4.78 is 56.7. The van der Waals surface area contributed by atoms with Crippen LogP contribution >= 0.6 is 0 Å². The number of rotatable bonds is 10. The van der Waals surface area contributed by atoms with Gasteiger partial charge >= 0.3 is 0 Å². The van der Waals surface area contributed by atoms with E-state index in [2.05, 4.69) is 6.58 Å². The average molecular weight is 501 g/mol. The van der Waals surface area contributed by atoms with Gasteiger partial charge in [-0.1, -0.05) is 65.8 Å². The molecule has 1 aliphatic carbocycles. The highest BCUT2D eigenvalue weighted by Crippen LogP contribution is 2.30. The van der Waals surface area contributed by atoms with E-state index in [1.54, 1.807) is 78.9 Å². The molecule has 0 aliphatic heterocycles. The lowest BCUT2D eigenvalue weighted by Gasteiger charge is -2.30. The molecule has 0 aromatic heterocycles. The smallest absolute Gasteiger partial charge is 0.207 e. The van der Waals surface area contributed by atoms with Gasteiger partial charge in [-0.25, -0.2) is 16.8 Å². The van der Waals surface area contributed by atoms with Crippen LogP contribution in [0.25, 0.3) is 0 Å². The minimum Gasteiger partial charge on any atom is -0.207 e. The van der Waals surface area contributed by atoms with Crippen LogP contribution in [-0.4, -0.2) is 50.6 Å². The van der Waals surface area contributed by atoms with E-state index in [0.29, 0.717) is 6.42 Å². The van der Waals surface area contributed by atoms with Crippen LogP contribution < -0.4 is 0 Å². The van der Waals surface area contributed by atoms with Gasteiger partial charge in [0.25, 0.3) is 0 Å². The van der Waals surface area contributed by atoms with E-state index in [-0.39, 0.29) is 22.9 Å². The monoisotopic (exact) mass is 500 g/mol. The first-order chi connectivity index (χ1) is 16.1. The van der Waals surface area contributed by atoms with E-state index in [0.717, 1.165) is 11.1 Å². The van der Waals surface area contributed by atoms with E-state index in [1.807, 2.05) is 20.8 Å². The molecule has 0 fully saturated rings. The summed E-state index contributed by atoms with van der Waals surface area (Å²) in [5, 5.41) is 0. The lowest BCUT2D eigenvalue weighted by molar-refractivity contribution is 0.324. The molecule has 34 heavy (non-hydrogen) atoms. The van der Waals surface area contributed by atoms with Gasteiger partial charge in [-0.3, -0.25) is 0 Å². The van der Waals surface area contributed by atoms with Gasteiger partial charge in [0, 0.05) is 25.2 Å². The number of sulfonamides is 2. The molecular weight excluding hydrogens is 468 g/mol. The summed E-state index contributed by atoms with van der Waals surface area (Å²) in [4.78, 5) is 0.421. The SMILES string of the molecule is C=CCN(C1C=CC(N(C/C=C/C)S(=O)(=O)c2ccc(C)cc2)C1)S(=O)(=O)c1ccc(C)cc1. The van der Waals surface area contributed by atoms with Crippen molar-refractivity contribution in [2.75, 3.05) is 13.1 Å². The second kappa shape index (κ2) is 10.8. The molecule has 0 saturated heterocycles. The number of benzene rings is 2. The summed E-state index contributed by atoms with van der Waals surface area (Å²) in [5.41, 5.74) is 1.94. The maximum atomic E-state index is 13.5. The van der Waals surface area contributed by atoms with Gasteiger partial charge in [0.2, 0.25) is 20.0 Å². The number of allylic oxidation sites excluding steroid dienone is 1. The van der Waals surface area contributed by atoms with Crippen molar-refractivity contribution >= 4 is 20.0 Å². The number of aryl methyl sites for hydroxylation is 2. The van der Waals surface area contributed by atoms with Crippen LogP contribution in [0.3, 0.4) is 0 Å². The Bertz CT molecular complexity index is 1260. The first-order valence-corrected chi connectivity index (χ1v) is 14.1. The van der Waals surface area contributed by atoms with Gasteiger partial charge in [-0.15, -0.1) is 6.58 Å². The molecule has 2 aromatic rings. The van der Waals surface area contributed by atoms with Gasteiger partial charge in [-0.2, -0.15) is 8.61 Å². The summed E-state index contributed by atoms with van der Waals surface area (Å²) in [7, 11) is -7.58. The second-order valence-electron chi connectivity index (χ2n) is 8.39. The first kappa shape index (κ1) is 26.1. The number of nitrogens with zero attached hydrogens (tertiary/aromatic N) is 2. The minimum absolute atomic E-state index is 0.123. The topological polar surface area (TPSA) is 74.8 Å². The highest BCUT2D eigenvalue weighted by Gasteiger charge is 2.38. The lowest BCUT2D eigenvalue weighted by atomic mass is 10.2. The first-order valence-electron chi connectivity index (χ1n) is 11.2. The summed E-state index contributed by atoms with van der Waals surface area (Å²) in [6.07, 6.45) is 9.04. The van der Waals surface area contributed by atoms with Gasteiger partial charge in [0.05, 0.1) is 9.79 Å². The van der Waals surface area contributed by atoms with Crippen molar-refractivity contribution in [3.63, 3.8) is 0 Å². The molecule has 8 heteroatoms. The molecule has 2 atom stereocenters. The van der Waals surface area contributed by atoms with Crippen LogP contribution in [0.5, 0.6) is 0 Å². The van der Waals surface area contributed by atoms with Gasteiger partial charge in [-0.05, 0) is 51.5 Å². The maximum Gasteiger partial charge on any atom is 0.243 e. The third-order valence-corrected chi connectivity index (χ3v) is 9.67. The van der Waals surface area contributed by atoms with Gasteiger partial charge in [0.15, 0.2) is 0 Å². The third kappa shape index (κ3) is 5.58. The van der Waals surface area contributed by atoms with Crippen molar-refractivity contribution in [3.8, 4) is 0 Å². The number of hydrogen-bond acceptors (Lipinski definition) is 4. The van der Waals surface area contributed by atoms with Gasteiger partial charge < -0.3 is 0 Å². The largest absolute Gasteiger partial charge is 0.243 e. The Morgan fingerprint density at radius 3 is 1.59 bits per heavy atom. The van der Waals surface area contributed by atoms with E-state index in [4.69, 9.17) is 0 Å². The quantitative estimate of drug-likeness (QED) is 0.452. The van der Waals surface area contributed by atoms with Crippen LogP contribution in [0.4, 0.5) is 0 Å². The molecule has 1 aliphatic rings. The molecule has 182 valence electrons. The van der Waals surface area contributed by atoms with E-state index < -0.39 is 32.1 Å². The fourth-order valence-corrected chi connectivity index (χ4v) is 7.05. The lowest BCUT2D eigenvalue weighted by Crippen LogP contribution is -2.43. The van der Waals surface area contributed by atoms with Crippen molar-refractivity contribution in [1.29, 1.82) is 0 Å². The van der Waals surface area contributed by atoms with Crippen LogP contribution in [0.15, 0.2) is 95.3 Å². The molecule has 2 unspecified atom stereocenters. The maximum absolute atomic E-state index is 13.5. The Labute approximate surface area is 204 Å². The molecule has 3 rings (SSSR count). The van der Waals surface area contributed by atoms with E-state index >= 15 is 0 Å². The fourth-order valence-electron chi connectivity index (χ4n) is 3.94. The van der Waals surface area contributed by atoms with Crippen LogP contribution in [0.2, 0.25) is 0 Å². The predicted octanol–water partition coefficient (Wildman–Crippen LogP) is 4.44. The Balaban J connectivity index is 1.91. The highest BCUT2D eigenvalue weighted by molar-refractivity contribution is 7.89. The molecule has 0 N–H and O–H groups in total. The molecule has 0 bridgehead atoms. The van der Waals surface area contributed by atoms with Crippen molar-refractivity contribution in [1.82, 2.24) is 8.61 Å². The minimum atomic E-state index is -3.79. The zero-order valence-corrected chi connectivity index (χ0v) is 21.5. The Morgan fingerprint density at radius 2 is 1.21 bits per heavy atom. The van der Waals surface area contributed by atoms with E-state index in [9.17, 15) is 16.8 Å². The fraction of sp³-hybridized carbons (Fsp3) is 0.308. The van der Waals surface area contributed by atoms with Crippen molar-refractivity contribution in [3.05, 3.63) is 96.6 Å². The summed E-state index contributed by atoms with van der Waals surface area (Å²) >= 11 is 0. The average Bonchev–Trinajstić information content (AvgIpc) is 3.27. The Hall–Kier alpha value is -2.52. The predicted molar refractivity (Wildman–Crippen MR) is 136 cm³/mol. The molecular formula is C26H32N2O4S2. The van der Waals surface area contributed by atoms with Crippen molar-refractivity contribution in [2.24, 2.45) is 0 Å². The molecule has 0 amide bonds. The molecule has 2 aromatic carbocycles. The zero-order chi connectivity index (χ0) is 24.9. The summed E-state index contributed by atoms with van der Waals surface area (Å²) in [6.45, 7) is 9.69. The Morgan fingerprint density at radius 1 is 0.794 bits per heavy atom. The van der Waals surface area contributed by atoms with Crippen LogP contribution in [0.1, 0.15) is 24.5 Å². The summed E-state index contributed by atoms with van der Waals surface area (Å²) in [5.74, 6) is 0. The van der Waals surface area contributed by atoms with Crippen molar-refractivity contribution in [2.45, 2.75) is 49.1 Å². The third-order valence-electron chi connectivity index (χ3n) is 5.86. The van der Waals surface area contributed by atoms with Crippen molar-refractivity contribution < 1.29 is 16.8 Å². The normalized spacial score (nSPS) is 18.9.